The van der Waals surface area contributed by atoms with E-state index in [0.29, 0.717) is 36.6 Å². The van der Waals surface area contributed by atoms with Crippen LogP contribution in [0, 0.1) is 12.8 Å². The average molecular weight is 682 g/mol. The molecular formula is C40H51N5O5. The van der Waals surface area contributed by atoms with Crippen LogP contribution in [-0.2, 0) is 20.7 Å². The Labute approximate surface area is 296 Å². The Kier molecular flexibility index (Phi) is 10.3. The highest BCUT2D eigenvalue weighted by Crippen LogP contribution is 2.43. The van der Waals surface area contributed by atoms with Gasteiger partial charge in [-0.25, -0.2) is 4.98 Å². The number of methoxy groups -OCH3 is 1. The minimum Gasteiger partial charge on any atom is -0.493 e. The lowest BCUT2D eigenvalue weighted by molar-refractivity contribution is -0.135. The van der Waals surface area contributed by atoms with Crippen molar-refractivity contribution in [3.8, 4) is 11.5 Å². The van der Waals surface area contributed by atoms with Crippen LogP contribution in [0.4, 0.5) is 11.5 Å². The number of rotatable bonds is 10. The lowest BCUT2D eigenvalue weighted by atomic mass is 9.84. The van der Waals surface area contributed by atoms with Crippen molar-refractivity contribution in [2.24, 2.45) is 5.92 Å². The minimum atomic E-state index is -0.348. The molecule has 1 saturated carbocycles. The van der Waals surface area contributed by atoms with Crippen molar-refractivity contribution in [2.75, 3.05) is 70.4 Å². The number of carbonyl (C=O) groups is 2. The fraction of sp³-hybridized carbons (Fsp3) is 0.525. The number of fused-ring (bicyclic) bond motifs is 1. The van der Waals surface area contributed by atoms with E-state index >= 15 is 0 Å². The van der Waals surface area contributed by atoms with Crippen LogP contribution in [0.2, 0.25) is 0 Å². The van der Waals surface area contributed by atoms with Crippen molar-refractivity contribution >= 4 is 23.3 Å². The molecule has 4 heterocycles. The van der Waals surface area contributed by atoms with Gasteiger partial charge in [0.1, 0.15) is 12.4 Å². The first kappa shape index (κ1) is 34.3. The largest absolute Gasteiger partial charge is 0.493 e. The molecule has 1 aromatic heterocycles. The van der Waals surface area contributed by atoms with Crippen LogP contribution in [-0.4, -0.2) is 99.3 Å². The number of ether oxygens (including phenoxy) is 3. The molecule has 3 fully saturated rings. The number of benzene rings is 2. The third-order valence-electron chi connectivity index (χ3n) is 11.2. The molecule has 0 radical (unpaired) electrons. The van der Waals surface area contributed by atoms with Crippen LogP contribution < -0.4 is 19.3 Å². The van der Waals surface area contributed by atoms with Crippen molar-refractivity contribution in [3.05, 3.63) is 77.0 Å². The second-order valence-corrected chi connectivity index (χ2v) is 14.6. The summed E-state index contributed by atoms with van der Waals surface area (Å²) in [6, 6.07) is 16.7. The molecule has 2 atom stereocenters. The highest BCUT2D eigenvalue weighted by molar-refractivity contribution is 5.98. The second kappa shape index (κ2) is 15.0. The SMILES string of the molecule is COc1cc2c(cc1OCC1CCCO1)[C@H](c1ccc(C)cc1)N(c1ccc(N(C)CC3CCC(N4CCN(C)C(=O)C4)CC3)nc1)C(=O)C2. The maximum Gasteiger partial charge on any atom is 0.236 e. The number of carbonyl (C=O) groups excluding carboxylic acids is 2. The van der Waals surface area contributed by atoms with E-state index in [9.17, 15) is 9.59 Å². The van der Waals surface area contributed by atoms with Crippen molar-refractivity contribution in [2.45, 2.75) is 70.1 Å². The van der Waals surface area contributed by atoms with Crippen molar-refractivity contribution in [1.29, 1.82) is 0 Å². The number of aryl methyl sites for hydroxylation is 1. The lowest BCUT2D eigenvalue weighted by Crippen LogP contribution is -2.53. The quantitative estimate of drug-likeness (QED) is 0.281. The number of aromatic nitrogens is 1. The molecule has 1 aliphatic carbocycles. The summed E-state index contributed by atoms with van der Waals surface area (Å²) in [5.74, 6) is 3.02. The van der Waals surface area contributed by atoms with Crippen molar-refractivity contribution in [1.82, 2.24) is 14.8 Å². The Morgan fingerprint density at radius 2 is 1.76 bits per heavy atom. The van der Waals surface area contributed by atoms with Gasteiger partial charge in [-0.3, -0.25) is 19.4 Å². The maximum atomic E-state index is 14.0. The van der Waals surface area contributed by atoms with Gasteiger partial charge in [-0.05, 0) is 92.3 Å². The van der Waals surface area contributed by atoms with Gasteiger partial charge in [0.15, 0.2) is 11.5 Å². The smallest absolute Gasteiger partial charge is 0.236 e. The van der Waals surface area contributed by atoms with Crippen LogP contribution in [0.1, 0.15) is 66.8 Å². The molecule has 3 aliphatic heterocycles. The van der Waals surface area contributed by atoms with E-state index in [2.05, 4.69) is 54.1 Å². The Morgan fingerprint density at radius 3 is 2.44 bits per heavy atom. The second-order valence-electron chi connectivity index (χ2n) is 14.6. The Hall–Kier alpha value is -4.15. The number of nitrogens with zero attached hydrogens (tertiary/aromatic N) is 5. The molecule has 2 saturated heterocycles. The molecule has 0 bridgehead atoms. The van der Waals surface area contributed by atoms with Crippen LogP contribution in [0.25, 0.3) is 0 Å². The van der Waals surface area contributed by atoms with Gasteiger partial charge in [0.2, 0.25) is 11.8 Å². The number of likely N-dealkylation sites (N-methyl/N-ethyl adjacent to an activating group) is 1. The highest BCUT2D eigenvalue weighted by Gasteiger charge is 2.37. The number of amides is 2. The van der Waals surface area contributed by atoms with E-state index in [1.807, 2.05) is 41.2 Å². The topological polar surface area (TPSA) is 87.7 Å². The fourth-order valence-electron chi connectivity index (χ4n) is 8.17. The van der Waals surface area contributed by atoms with Gasteiger partial charge in [-0.1, -0.05) is 29.8 Å². The number of hydrogen-bond acceptors (Lipinski definition) is 8. The predicted octanol–water partition coefficient (Wildman–Crippen LogP) is 5.40. The standard InChI is InChI=1S/C40H51N5O5/c1-27-7-11-29(12-8-27)40-34-22-36(50-26-33-6-5-19-49-33)35(48-4)20-30(34)21-38(46)45(40)32-15-16-37(41-23-32)43(3)24-28-9-13-31(14-10-28)44-18-17-42(2)39(47)25-44/h7-8,11-12,15-16,20,22-23,28,31,33,40H,5-6,9-10,13-14,17-19,21,24-26H2,1-4H3/t28?,31?,33?,40-/m0/s1. The lowest BCUT2D eigenvalue weighted by Gasteiger charge is -2.41. The minimum absolute atomic E-state index is 0.0138. The van der Waals surface area contributed by atoms with Gasteiger partial charge >= 0.3 is 0 Å². The first-order valence-electron chi connectivity index (χ1n) is 18.3. The maximum absolute atomic E-state index is 14.0. The molecule has 10 nitrogen and oxygen atoms in total. The van der Waals surface area contributed by atoms with Crippen LogP contribution >= 0.6 is 0 Å². The summed E-state index contributed by atoms with van der Waals surface area (Å²) in [6.07, 6.45) is 8.78. The van der Waals surface area contributed by atoms with Crippen LogP contribution in [0.5, 0.6) is 11.5 Å². The molecule has 3 aromatic rings. The molecular weight excluding hydrogens is 630 g/mol. The van der Waals surface area contributed by atoms with Crippen LogP contribution in [0.15, 0.2) is 54.7 Å². The zero-order valence-electron chi connectivity index (χ0n) is 30.0. The summed E-state index contributed by atoms with van der Waals surface area (Å²) >= 11 is 0. The molecule has 266 valence electrons. The Balaban J connectivity index is 1.08. The van der Waals surface area contributed by atoms with E-state index in [1.54, 1.807) is 7.11 Å². The van der Waals surface area contributed by atoms with E-state index in [-0.39, 0.29) is 30.4 Å². The van der Waals surface area contributed by atoms with Crippen LogP contribution in [0.3, 0.4) is 0 Å². The predicted molar refractivity (Wildman–Crippen MR) is 194 cm³/mol. The molecule has 1 unspecified atom stereocenters. The van der Waals surface area contributed by atoms with Gasteiger partial charge in [0, 0.05) is 46.4 Å². The summed E-state index contributed by atoms with van der Waals surface area (Å²) in [4.78, 5) is 39.5. The summed E-state index contributed by atoms with van der Waals surface area (Å²) in [6.45, 7) is 6.59. The highest BCUT2D eigenvalue weighted by atomic mass is 16.5. The van der Waals surface area contributed by atoms with Gasteiger partial charge in [0.05, 0.1) is 44.1 Å². The zero-order valence-corrected chi connectivity index (χ0v) is 30.0. The monoisotopic (exact) mass is 681 g/mol. The number of pyridine rings is 1. The molecule has 4 aliphatic rings. The molecule has 50 heavy (non-hydrogen) atoms. The molecule has 0 spiro atoms. The Bertz CT molecular complexity index is 1650. The molecule has 2 amide bonds. The van der Waals surface area contributed by atoms with E-state index in [4.69, 9.17) is 19.2 Å². The normalized spacial score (nSPS) is 24.3. The van der Waals surface area contributed by atoms with Gasteiger partial charge in [-0.15, -0.1) is 0 Å². The van der Waals surface area contributed by atoms with Crippen molar-refractivity contribution in [3.63, 3.8) is 0 Å². The summed E-state index contributed by atoms with van der Waals surface area (Å²) in [7, 11) is 5.65. The third-order valence-corrected chi connectivity index (χ3v) is 11.2. The van der Waals surface area contributed by atoms with E-state index in [1.165, 1.54) is 0 Å². The first-order chi connectivity index (χ1) is 24.3. The number of hydrogen-bond donors (Lipinski definition) is 0. The van der Waals surface area contributed by atoms with Gasteiger partial charge in [0.25, 0.3) is 0 Å². The molecule has 2 aromatic carbocycles. The van der Waals surface area contributed by atoms with E-state index in [0.717, 1.165) is 98.5 Å². The zero-order chi connectivity index (χ0) is 34.8. The van der Waals surface area contributed by atoms with Crippen molar-refractivity contribution < 1.29 is 23.8 Å². The number of piperazine rings is 1. The fourth-order valence-corrected chi connectivity index (χ4v) is 8.17. The van der Waals surface area contributed by atoms with Gasteiger partial charge < -0.3 is 24.0 Å². The summed E-state index contributed by atoms with van der Waals surface area (Å²) < 4.78 is 17.9. The van der Waals surface area contributed by atoms with Gasteiger partial charge in [-0.2, -0.15) is 0 Å². The first-order valence-corrected chi connectivity index (χ1v) is 18.3. The van der Waals surface area contributed by atoms with E-state index < -0.39 is 0 Å². The number of anilines is 2. The summed E-state index contributed by atoms with van der Waals surface area (Å²) in [5.41, 5.74) is 4.92. The summed E-state index contributed by atoms with van der Waals surface area (Å²) in [5, 5.41) is 0. The average Bonchev–Trinajstić information content (AvgIpc) is 3.66. The molecule has 7 rings (SSSR count). The third kappa shape index (κ3) is 7.32. The Morgan fingerprint density at radius 1 is 0.960 bits per heavy atom. The molecule has 10 heteroatoms. The molecule has 0 N–H and O–H groups in total.